The second-order valence-electron chi connectivity index (χ2n) is 5.84. The van der Waals surface area contributed by atoms with Gasteiger partial charge in [-0.05, 0) is 12.1 Å². The Bertz CT molecular complexity index is 645. The number of hydrogen-bond donors (Lipinski definition) is 0. The molecule has 0 spiro atoms. The number of hydrogen-bond acceptors (Lipinski definition) is 5. The highest BCUT2D eigenvalue weighted by molar-refractivity contribution is 8.00. The highest BCUT2D eigenvalue weighted by Gasteiger charge is 2.31. The van der Waals surface area contributed by atoms with E-state index in [1.807, 2.05) is 4.90 Å². The number of anilines is 1. The van der Waals surface area contributed by atoms with Crippen LogP contribution in [0.4, 0.5) is 19.0 Å². The Morgan fingerprint density at radius 2 is 1.92 bits per heavy atom. The number of rotatable bonds is 3. The van der Waals surface area contributed by atoms with Gasteiger partial charge in [0, 0.05) is 32.4 Å². The van der Waals surface area contributed by atoms with E-state index >= 15 is 0 Å². The van der Waals surface area contributed by atoms with Crippen LogP contribution in [0.25, 0.3) is 0 Å². The second-order valence-corrected chi connectivity index (χ2v) is 6.80. The van der Waals surface area contributed by atoms with Crippen molar-refractivity contribution in [2.75, 3.05) is 49.3 Å². The van der Waals surface area contributed by atoms with Crippen LogP contribution in [0.5, 0.6) is 0 Å². The molecule has 136 valence electrons. The minimum atomic E-state index is -4.40. The first kappa shape index (κ1) is 17.8. The van der Waals surface area contributed by atoms with E-state index in [9.17, 15) is 22.8 Å². The van der Waals surface area contributed by atoms with Crippen molar-refractivity contribution in [3.63, 3.8) is 0 Å². The molecule has 2 aliphatic rings. The molecule has 0 aliphatic carbocycles. The number of amides is 2. The molecule has 6 nitrogen and oxygen atoms in total. The van der Waals surface area contributed by atoms with Crippen LogP contribution in [0, 0.1) is 0 Å². The Hall–Kier alpha value is -1.97. The van der Waals surface area contributed by atoms with Crippen molar-refractivity contribution in [2.24, 2.45) is 0 Å². The number of pyridine rings is 1. The summed E-state index contributed by atoms with van der Waals surface area (Å²) in [4.78, 5) is 32.8. The first-order valence-electron chi connectivity index (χ1n) is 7.76. The van der Waals surface area contributed by atoms with Crippen molar-refractivity contribution in [1.82, 2.24) is 14.8 Å². The van der Waals surface area contributed by atoms with E-state index in [0.717, 1.165) is 12.3 Å². The van der Waals surface area contributed by atoms with Crippen molar-refractivity contribution < 1.29 is 22.8 Å². The largest absolute Gasteiger partial charge is 0.417 e. The van der Waals surface area contributed by atoms with Gasteiger partial charge in [0.15, 0.2) is 0 Å². The maximum Gasteiger partial charge on any atom is 0.417 e. The van der Waals surface area contributed by atoms with Crippen LogP contribution < -0.4 is 4.90 Å². The van der Waals surface area contributed by atoms with Gasteiger partial charge in [-0.25, -0.2) is 4.98 Å². The number of halogens is 3. The number of aromatic nitrogens is 1. The molecule has 2 aliphatic heterocycles. The summed E-state index contributed by atoms with van der Waals surface area (Å²) in [5, 5.41) is 0. The molecule has 0 unspecified atom stereocenters. The van der Waals surface area contributed by atoms with Crippen LogP contribution in [0.3, 0.4) is 0 Å². The summed E-state index contributed by atoms with van der Waals surface area (Å²) in [7, 11) is 0. The Kier molecular flexibility index (Phi) is 5.07. The molecule has 2 fully saturated rings. The Morgan fingerprint density at radius 1 is 1.20 bits per heavy atom. The molecule has 0 N–H and O–H groups in total. The van der Waals surface area contributed by atoms with E-state index in [1.165, 1.54) is 22.7 Å². The lowest BCUT2D eigenvalue weighted by Gasteiger charge is -2.36. The monoisotopic (exact) mass is 374 g/mol. The summed E-state index contributed by atoms with van der Waals surface area (Å²) in [6, 6.07) is 2.36. The third kappa shape index (κ3) is 4.17. The van der Waals surface area contributed by atoms with E-state index in [-0.39, 0.29) is 18.4 Å². The standard InChI is InChI=1S/C15H17F3N4O2S/c16-15(17,18)11-1-2-12(19-7-11)20-3-5-21(6-4-20)13(23)8-22-10-25-9-14(22)24/h1-2,7H,3-6,8-10H2. The third-order valence-electron chi connectivity index (χ3n) is 4.18. The van der Waals surface area contributed by atoms with Gasteiger partial charge in [-0.2, -0.15) is 13.2 Å². The molecule has 0 radical (unpaired) electrons. The van der Waals surface area contributed by atoms with E-state index < -0.39 is 11.7 Å². The molecule has 2 saturated heterocycles. The van der Waals surface area contributed by atoms with Crippen molar-refractivity contribution >= 4 is 29.4 Å². The Morgan fingerprint density at radius 3 is 2.44 bits per heavy atom. The zero-order valence-electron chi connectivity index (χ0n) is 13.3. The molecule has 1 aromatic heterocycles. The smallest absolute Gasteiger partial charge is 0.353 e. The maximum atomic E-state index is 12.6. The lowest BCUT2D eigenvalue weighted by atomic mass is 10.2. The van der Waals surface area contributed by atoms with Crippen molar-refractivity contribution in [3.05, 3.63) is 23.9 Å². The molecule has 3 heterocycles. The summed E-state index contributed by atoms with van der Waals surface area (Å²) in [6.07, 6.45) is -3.58. The zero-order chi connectivity index (χ0) is 18.0. The number of alkyl halides is 3. The zero-order valence-corrected chi connectivity index (χ0v) is 14.1. The Balaban J connectivity index is 1.53. The summed E-state index contributed by atoms with van der Waals surface area (Å²) in [5.41, 5.74) is -0.779. The SMILES string of the molecule is O=C(CN1CSCC1=O)N1CCN(c2ccc(C(F)(F)F)cn2)CC1. The topological polar surface area (TPSA) is 56.8 Å². The van der Waals surface area contributed by atoms with Crippen LogP contribution in [0.15, 0.2) is 18.3 Å². The number of thioether (sulfide) groups is 1. The molecule has 0 saturated carbocycles. The van der Waals surface area contributed by atoms with Crippen LogP contribution >= 0.6 is 11.8 Å². The molecule has 0 bridgehead atoms. The predicted molar refractivity (Wildman–Crippen MR) is 87.1 cm³/mol. The average Bonchev–Trinajstić information content (AvgIpc) is 2.99. The van der Waals surface area contributed by atoms with Gasteiger partial charge >= 0.3 is 6.18 Å². The lowest BCUT2D eigenvalue weighted by molar-refractivity contribution is -0.138. The molecule has 0 atom stereocenters. The van der Waals surface area contributed by atoms with Gasteiger partial charge in [-0.3, -0.25) is 9.59 Å². The summed E-state index contributed by atoms with van der Waals surface area (Å²) >= 11 is 1.49. The second kappa shape index (κ2) is 7.11. The van der Waals surface area contributed by atoms with Gasteiger partial charge < -0.3 is 14.7 Å². The maximum absolute atomic E-state index is 12.6. The number of carbonyl (C=O) groups is 2. The van der Waals surface area contributed by atoms with Crippen molar-refractivity contribution in [3.8, 4) is 0 Å². The fraction of sp³-hybridized carbons (Fsp3) is 0.533. The molecule has 2 amide bonds. The normalized spacial score (nSPS) is 18.8. The van der Waals surface area contributed by atoms with Gasteiger partial charge in [0.25, 0.3) is 0 Å². The molecule has 3 rings (SSSR count). The highest BCUT2D eigenvalue weighted by atomic mass is 32.2. The minimum absolute atomic E-state index is 0.0223. The van der Waals surface area contributed by atoms with Crippen LogP contribution in [0.1, 0.15) is 5.56 Å². The summed E-state index contributed by atoms with van der Waals surface area (Å²) in [5.74, 6) is 1.30. The first-order valence-corrected chi connectivity index (χ1v) is 8.91. The molecule has 25 heavy (non-hydrogen) atoms. The molecular weight excluding hydrogens is 357 g/mol. The van der Waals surface area contributed by atoms with Crippen LogP contribution in [-0.4, -0.2) is 71.0 Å². The lowest BCUT2D eigenvalue weighted by Crippen LogP contribution is -2.51. The fourth-order valence-electron chi connectivity index (χ4n) is 2.73. The van der Waals surface area contributed by atoms with Gasteiger partial charge in [-0.1, -0.05) is 0 Å². The summed E-state index contributed by atoms with van der Waals surface area (Å²) < 4.78 is 37.7. The van der Waals surface area contributed by atoms with Gasteiger partial charge in [0.1, 0.15) is 12.4 Å². The number of piperazine rings is 1. The minimum Gasteiger partial charge on any atom is -0.353 e. The van der Waals surface area contributed by atoms with Crippen molar-refractivity contribution in [2.45, 2.75) is 6.18 Å². The molecule has 0 aromatic carbocycles. The molecular formula is C15H17F3N4O2S. The summed E-state index contributed by atoms with van der Waals surface area (Å²) in [6.45, 7) is 1.98. The van der Waals surface area contributed by atoms with Crippen LogP contribution in [-0.2, 0) is 15.8 Å². The van der Waals surface area contributed by atoms with Gasteiger partial charge in [0.05, 0.1) is 17.2 Å². The average molecular weight is 374 g/mol. The first-order chi connectivity index (χ1) is 11.8. The highest BCUT2D eigenvalue weighted by Crippen LogP contribution is 2.29. The fourth-order valence-corrected chi connectivity index (χ4v) is 3.63. The molecule has 1 aromatic rings. The Labute approximate surface area is 147 Å². The quantitative estimate of drug-likeness (QED) is 0.798. The van der Waals surface area contributed by atoms with Crippen molar-refractivity contribution in [1.29, 1.82) is 0 Å². The number of nitrogens with zero attached hydrogens (tertiary/aromatic N) is 4. The van der Waals surface area contributed by atoms with Crippen LogP contribution in [0.2, 0.25) is 0 Å². The predicted octanol–water partition coefficient (Wildman–Crippen LogP) is 1.28. The van der Waals surface area contributed by atoms with E-state index in [2.05, 4.69) is 4.98 Å². The van der Waals surface area contributed by atoms with E-state index in [1.54, 1.807) is 4.90 Å². The van der Waals surface area contributed by atoms with Gasteiger partial charge in [0.2, 0.25) is 11.8 Å². The molecule has 10 heteroatoms. The van der Waals surface area contributed by atoms with E-state index in [0.29, 0.717) is 43.6 Å². The number of carbonyl (C=O) groups excluding carboxylic acids is 2. The van der Waals surface area contributed by atoms with E-state index in [4.69, 9.17) is 0 Å². The third-order valence-corrected chi connectivity index (χ3v) is 5.13. The van der Waals surface area contributed by atoms with Gasteiger partial charge in [-0.15, -0.1) is 11.8 Å².